The van der Waals surface area contributed by atoms with E-state index < -0.39 is 11.4 Å². The molecule has 6 rings (SSSR count). The van der Waals surface area contributed by atoms with E-state index >= 15 is 0 Å². The first-order chi connectivity index (χ1) is 22.3. The molecule has 0 bridgehead atoms. The minimum absolute atomic E-state index is 0.0470. The summed E-state index contributed by atoms with van der Waals surface area (Å²) in [5.41, 5.74) is 0.696. The highest BCUT2D eigenvalue weighted by molar-refractivity contribution is 5.84. The summed E-state index contributed by atoms with van der Waals surface area (Å²) in [6.45, 7) is 24.8. The van der Waals surface area contributed by atoms with E-state index in [1.165, 1.54) is 24.8 Å². The number of fused-ring (bicyclic) bond motifs is 7. The summed E-state index contributed by atoms with van der Waals surface area (Å²) in [7, 11) is 0. The lowest BCUT2D eigenvalue weighted by Crippen LogP contribution is -2.67. The monoisotopic (exact) mass is 666 g/mol. The maximum Gasteiger partial charge on any atom is 0.306 e. The van der Waals surface area contributed by atoms with E-state index in [9.17, 15) is 19.5 Å². The number of esters is 1. The fraction of sp³-hybridized carbons (Fsp3) is 0.878. The number of carbonyl (C=O) groups excluding carboxylic acids is 2. The van der Waals surface area contributed by atoms with Crippen LogP contribution in [0.1, 0.15) is 139 Å². The average molecular weight is 667 g/mol. The molecule has 5 saturated carbocycles. The second kappa shape index (κ2) is 12.1. The summed E-state index contributed by atoms with van der Waals surface area (Å²) in [4.78, 5) is 38.9. The molecule has 0 aromatic rings. The Kier molecular flexibility index (Phi) is 9.07. The molecule has 0 spiro atoms. The number of carboxylic acids is 1. The summed E-state index contributed by atoms with van der Waals surface area (Å²) in [6.07, 6.45) is 11.8. The molecule has 0 aromatic carbocycles. The standard InChI is InChI=1S/C41H66N2O5/c1-25(2)27-12-18-41(35(47)43-26-15-21-42-24-26)20-19-39(8)28(34(27)41)10-11-30-38(7)16-14-31(37(5,6)29(38)13-17-40(30,39)9)48-33(46)23-36(3,4)22-32(44)45/h26-31,34,42H,1,10-24H2,2-9H3,(H,43,47)(H,44,45)/t26-,27-,28+,29-,30+,31-,34+,38-,39+,40+,41-/m0/s1. The van der Waals surface area contributed by atoms with Crippen molar-refractivity contribution in [1.29, 1.82) is 0 Å². The van der Waals surface area contributed by atoms with Crippen LogP contribution in [0.3, 0.4) is 0 Å². The molecule has 1 aliphatic heterocycles. The number of aliphatic carboxylic acids is 1. The Labute approximate surface area is 290 Å². The molecule has 1 heterocycles. The van der Waals surface area contributed by atoms with Gasteiger partial charge in [0, 0.05) is 18.0 Å². The van der Waals surface area contributed by atoms with Crippen LogP contribution in [-0.4, -0.2) is 48.2 Å². The van der Waals surface area contributed by atoms with Gasteiger partial charge in [0.25, 0.3) is 0 Å². The van der Waals surface area contributed by atoms with Gasteiger partial charge in [-0.3, -0.25) is 14.4 Å². The second-order valence-corrected chi connectivity index (χ2v) is 19.8. The van der Waals surface area contributed by atoms with E-state index in [0.717, 1.165) is 64.5 Å². The smallest absolute Gasteiger partial charge is 0.306 e. The molecule has 270 valence electrons. The van der Waals surface area contributed by atoms with Crippen molar-refractivity contribution >= 4 is 17.8 Å². The van der Waals surface area contributed by atoms with Crippen LogP contribution in [0, 0.1) is 62.1 Å². The van der Waals surface area contributed by atoms with Gasteiger partial charge in [0.2, 0.25) is 5.91 Å². The van der Waals surface area contributed by atoms with E-state index in [-0.39, 0.29) is 58.0 Å². The minimum Gasteiger partial charge on any atom is -0.481 e. The topological polar surface area (TPSA) is 105 Å². The van der Waals surface area contributed by atoms with E-state index in [2.05, 4.69) is 58.8 Å². The first-order valence-electron chi connectivity index (χ1n) is 19.4. The molecule has 0 radical (unpaired) electrons. The Bertz CT molecular complexity index is 1320. The van der Waals surface area contributed by atoms with Crippen molar-refractivity contribution in [2.75, 3.05) is 13.1 Å². The van der Waals surface area contributed by atoms with Gasteiger partial charge in [0.05, 0.1) is 18.3 Å². The van der Waals surface area contributed by atoms with E-state index in [0.29, 0.717) is 35.5 Å². The second-order valence-electron chi connectivity index (χ2n) is 19.8. The van der Waals surface area contributed by atoms with E-state index in [4.69, 9.17) is 4.74 Å². The largest absolute Gasteiger partial charge is 0.481 e. The molecule has 1 amide bonds. The number of hydrogen-bond donors (Lipinski definition) is 3. The number of rotatable bonds is 8. The number of carbonyl (C=O) groups is 3. The van der Waals surface area contributed by atoms with E-state index in [1.807, 2.05) is 13.8 Å². The van der Waals surface area contributed by atoms with Crippen LogP contribution in [-0.2, 0) is 19.1 Å². The summed E-state index contributed by atoms with van der Waals surface area (Å²) in [5.74, 6) is 1.52. The summed E-state index contributed by atoms with van der Waals surface area (Å²) in [5, 5.41) is 16.3. The summed E-state index contributed by atoms with van der Waals surface area (Å²) in [6, 6.07) is 0.252. The van der Waals surface area contributed by atoms with Crippen LogP contribution >= 0.6 is 0 Å². The van der Waals surface area contributed by atoms with Crippen LogP contribution in [0.4, 0.5) is 0 Å². The fourth-order valence-electron chi connectivity index (χ4n) is 13.9. The van der Waals surface area contributed by atoms with E-state index in [1.54, 1.807) is 0 Å². The van der Waals surface area contributed by atoms with Gasteiger partial charge >= 0.3 is 11.9 Å². The van der Waals surface area contributed by atoms with Crippen LogP contribution in [0.5, 0.6) is 0 Å². The lowest BCUT2D eigenvalue weighted by Gasteiger charge is -2.72. The Morgan fingerprint density at radius 3 is 2.25 bits per heavy atom. The number of hydrogen-bond acceptors (Lipinski definition) is 5. The molecule has 11 atom stereocenters. The van der Waals surface area contributed by atoms with Gasteiger partial charge in [0.1, 0.15) is 6.10 Å². The third-order valence-corrected chi connectivity index (χ3v) is 16.4. The van der Waals surface area contributed by atoms with Crippen molar-refractivity contribution in [2.24, 2.45) is 62.1 Å². The van der Waals surface area contributed by atoms with Crippen molar-refractivity contribution in [1.82, 2.24) is 10.6 Å². The molecule has 7 heteroatoms. The molecule has 7 nitrogen and oxygen atoms in total. The number of ether oxygens (including phenoxy) is 1. The zero-order valence-corrected chi connectivity index (χ0v) is 31.4. The highest BCUT2D eigenvalue weighted by Gasteiger charge is 2.72. The molecule has 5 aliphatic carbocycles. The Balaban J connectivity index is 1.24. The highest BCUT2D eigenvalue weighted by atomic mass is 16.5. The number of nitrogens with one attached hydrogen (secondary N) is 2. The molecule has 0 unspecified atom stereocenters. The van der Waals surface area contributed by atoms with Crippen molar-refractivity contribution < 1.29 is 24.2 Å². The van der Waals surface area contributed by atoms with Crippen molar-refractivity contribution in [3.63, 3.8) is 0 Å². The van der Waals surface area contributed by atoms with Gasteiger partial charge in [-0.25, -0.2) is 0 Å². The molecular formula is C41H66N2O5. The predicted molar refractivity (Wildman–Crippen MR) is 189 cm³/mol. The lowest BCUT2D eigenvalue weighted by molar-refractivity contribution is -0.249. The fourth-order valence-corrected chi connectivity index (χ4v) is 13.9. The number of allylic oxidation sites excluding steroid dienone is 1. The first-order valence-corrected chi connectivity index (χ1v) is 19.4. The van der Waals surface area contributed by atoms with Crippen molar-refractivity contribution in [2.45, 2.75) is 151 Å². The molecule has 3 N–H and O–H groups in total. The summed E-state index contributed by atoms with van der Waals surface area (Å²) < 4.78 is 6.27. The molecule has 0 aromatic heterocycles. The lowest BCUT2D eigenvalue weighted by atomic mass is 9.32. The first kappa shape index (κ1) is 35.9. The van der Waals surface area contributed by atoms with Gasteiger partial charge in [-0.2, -0.15) is 0 Å². The third kappa shape index (κ3) is 5.50. The SMILES string of the molecule is C=C(C)[C@@H]1CC[C@]2(C(=O)N[C@H]3CCNC3)CC[C@]3(C)[C@H](CC[C@@H]4[C@@]5(C)CC[C@H](OC(=O)CC(C)(C)CC(=O)O)C(C)(C)[C@@H]5CC[C@]43C)[C@@H]12. The molecular weight excluding hydrogens is 600 g/mol. The molecule has 6 fully saturated rings. The Hall–Kier alpha value is -1.89. The zero-order valence-electron chi connectivity index (χ0n) is 31.4. The van der Waals surface area contributed by atoms with Gasteiger partial charge in [-0.15, -0.1) is 0 Å². The van der Waals surface area contributed by atoms with Gasteiger partial charge < -0.3 is 20.5 Å². The zero-order chi connectivity index (χ0) is 35.1. The Morgan fingerprint density at radius 2 is 1.60 bits per heavy atom. The maximum absolute atomic E-state index is 14.4. The van der Waals surface area contributed by atoms with Gasteiger partial charge in [-0.1, -0.05) is 60.6 Å². The molecule has 48 heavy (non-hydrogen) atoms. The minimum atomic E-state index is -0.883. The van der Waals surface area contributed by atoms with Crippen LogP contribution < -0.4 is 10.6 Å². The van der Waals surface area contributed by atoms with Gasteiger partial charge in [-0.05, 0) is 135 Å². The molecule has 1 saturated heterocycles. The highest BCUT2D eigenvalue weighted by Crippen LogP contribution is 2.77. The van der Waals surface area contributed by atoms with Crippen molar-refractivity contribution in [3.8, 4) is 0 Å². The normalized spacial score (nSPS) is 44.8. The van der Waals surface area contributed by atoms with Crippen LogP contribution in [0.2, 0.25) is 0 Å². The Morgan fingerprint density at radius 1 is 0.875 bits per heavy atom. The van der Waals surface area contributed by atoms with Gasteiger partial charge in [0.15, 0.2) is 0 Å². The van der Waals surface area contributed by atoms with Crippen LogP contribution in [0.25, 0.3) is 0 Å². The summed E-state index contributed by atoms with van der Waals surface area (Å²) >= 11 is 0. The van der Waals surface area contributed by atoms with Crippen LogP contribution in [0.15, 0.2) is 12.2 Å². The third-order valence-electron chi connectivity index (χ3n) is 16.4. The van der Waals surface area contributed by atoms with Crippen molar-refractivity contribution in [3.05, 3.63) is 12.2 Å². The maximum atomic E-state index is 14.4. The number of carboxylic acid groups (broad SMARTS) is 1. The quantitative estimate of drug-likeness (QED) is 0.180. The number of amides is 1. The average Bonchev–Trinajstić information content (AvgIpc) is 3.62. The predicted octanol–water partition coefficient (Wildman–Crippen LogP) is 7.92. The molecule has 6 aliphatic rings.